The summed E-state index contributed by atoms with van der Waals surface area (Å²) in [6, 6.07) is 4.78. The van der Waals surface area contributed by atoms with Gasteiger partial charge in [-0.2, -0.15) is 0 Å². The molecule has 3 heteroatoms. The highest BCUT2D eigenvalue weighted by atomic mass is 19.1. The lowest BCUT2D eigenvalue weighted by Gasteiger charge is -2.09. The lowest BCUT2D eigenvalue weighted by atomic mass is 10.1. The number of hydrogen-bond acceptors (Lipinski definition) is 2. The zero-order valence-electron chi connectivity index (χ0n) is 12.9. The van der Waals surface area contributed by atoms with Gasteiger partial charge in [-0.15, -0.1) is 0 Å². The highest BCUT2D eigenvalue weighted by Gasteiger charge is 2.02. The number of methoxy groups -OCH3 is 1. The molecule has 0 atom stereocenters. The Morgan fingerprint density at radius 3 is 2.30 bits per heavy atom. The predicted molar refractivity (Wildman–Crippen MR) is 84.1 cm³/mol. The summed E-state index contributed by atoms with van der Waals surface area (Å²) in [5, 5.41) is 3.14. The molecule has 0 amide bonds. The van der Waals surface area contributed by atoms with Crippen molar-refractivity contribution in [3.63, 3.8) is 0 Å². The maximum absolute atomic E-state index is 13.5. The molecular weight excluding hydrogens is 253 g/mol. The van der Waals surface area contributed by atoms with Crippen LogP contribution in [0.2, 0.25) is 0 Å². The van der Waals surface area contributed by atoms with Crippen molar-refractivity contribution in [3.05, 3.63) is 24.0 Å². The molecule has 1 aromatic rings. The summed E-state index contributed by atoms with van der Waals surface area (Å²) >= 11 is 0. The van der Waals surface area contributed by atoms with Crippen LogP contribution in [0, 0.1) is 5.82 Å². The van der Waals surface area contributed by atoms with E-state index in [-0.39, 0.29) is 5.82 Å². The van der Waals surface area contributed by atoms with E-state index in [2.05, 4.69) is 12.2 Å². The van der Waals surface area contributed by atoms with E-state index in [4.69, 9.17) is 4.74 Å². The standard InChI is InChI=1S/C17H28FNO/c1-3-4-5-6-7-8-9-10-13-19-17-14-15(20-2)11-12-16(17)18/h11-12,14,19H,3-10,13H2,1-2H3. The Kier molecular flexibility index (Phi) is 8.84. The van der Waals surface area contributed by atoms with Gasteiger partial charge in [0, 0.05) is 12.6 Å². The quantitative estimate of drug-likeness (QED) is 0.549. The Hall–Kier alpha value is -1.25. The second-order valence-electron chi connectivity index (χ2n) is 5.25. The van der Waals surface area contributed by atoms with Gasteiger partial charge in [-0.3, -0.25) is 0 Å². The number of ether oxygens (including phenoxy) is 1. The van der Waals surface area contributed by atoms with Crippen LogP contribution in [0.1, 0.15) is 58.3 Å². The summed E-state index contributed by atoms with van der Waals surface area (Å²) in [5.74, 6) is 0.468. The van der Waals surface area contributed by atoms with Crippen LogP contribution < -0.4 is 10.1 Å². The van der Waals surface area contributed by atoms with Gasteiger partial charge in [0.15, 0.2) is 0 Å². The van der Waals surface area contributed by atoms with Crippen molar-refractivity contribution in [2.75, 3.05) is 19.0 Å². The number of halogens is 1. The van der Waals surface area contributed by atoms with E-state index in [0.717, 1.165) is 13.0 Å². The fourth-order valence-corrected chi connectivity index (χ4v) is 2.25. The summed E-state index contributed by atoms with van der Waals surface area (Å²) in [6.45, 7) is 3.06. The summed E-state index contributed by atoms with van der Waals surface area (Å²) in [6.07, 6.45) is 10.3. The van der Waals surface area contributed by atoms with E-state index < -0.39 is 0 Å². The minimum Gasteiger partial charge on any atom is -0.497 e. The zero-order valence-corrected chi connectivity index (χ0v) is 12.9. The first-order chi connectivity index (χ1) is 9.77. The number of benzene rings is 1. The Morgan fingerprint density at radius 2 is 1.65 bits per heavy atom. The first kappa shape index (κ1) is 16.8. The maximum Gasteiger partial charge on any atom is 0.146 e. The Labute approximate surface area is 122 Å². The van der Waals surface area contributed by atoms with Crippen LogP contribution in [-0.2, 0) is 0 Å². The second-order valence-corrected chi connectivity index (χ2v) is 5.25. The Bertz CT molecular complexity index is 368. The molecule has 0 saturated carbocycles. The first-order valence-corrected chi connectivity index (χ1v) is 7.85. The van der Waals surface area contributed by atoms with Gasteiger partial charge >= 0.3 is 0 Å². The van der Waals surface area contributed by atoms with Crippen LogP contribution in [0.15, 0.2) is 18.2 Å². The predicted octanol–water partition coefficient (Wildman–Crippen LogP) is 5.39. The molecule has 20 heavy (non-hydrogen) atoms. The van der Waals surface area contributed by atoms with E-state index in [1.165, 1.54) is 51.0 Å². The van der Waals surface area contributed by atoms with Crippen molar-refractivity contribution in [2.24, 2.45) is 0 Å². The molecule has 0 heterocycles. The first-order valence-electron chi connectivity index (χ1n) is 7.85. The van der Waals surface area contributed by atoms with Crippen molar-refractivity contribution in [2.45, 2.75) is 58.3 Å². The van der Waals surface area contributed by atoms with E-state index in [1.807, 2.05) is 0 Å². The molecule has 1 rings (SSSR count). The van der Waals surface area contributed by atoms with Crippen molar-refractivity contribution >= 4 is 5.69 Å². The van der Waals surface area contributed by atoms with E-state index in [0.29, 0.717) is 11.4 Å². The van der Waals surface area contributed by atoms with Crippen LogP contribution in [0.3, 0.4) is 0 Å². The minimum atomic E-state index is -0.217. The highest BCUT2D eigenvalue weighted by molar-refractivity contribution is 5.49. The molecule has 0 bridgehead atoms. The summed E-state index contributed by atoms with van der Waals surface area (Å²) in [5.41, 5.74) is 0.535. The third-order valence-electron chi connectivity index (χ3n) is 3.52. The molecular formula is C17H28FNO. The van der Waals surface area contributed by atoms with Crippen LogP contribution in [0.25, 0.3) is 0 Å². The molecule has 0 unspecified atom stereocenters. The largest absolute Gasteiger partial charge is 0.497 e. The third-order valence-corrected chi connectivity index (χ3v) is 3.52. The number of anilines is 1. The Morgan fingerprint density at radius 1 is 1.00 bits per heavy atom. The molecule has 0 aliphatic rings. The highest BCUT2D eigenvalue weighted by Crippen LogP contribution is 2.21. The van der Waals surface area contributed by atoms with Crippen LogP contribution in [0.4, 0.5) is 10.1 Å². The van der Waals surface area contributed by atoms with Crippen molar-refractivity contribution in [1.82, 2.24) is 0 Å². The summed E-state index contributed by atoms with van der Waals surface area (Å²) < 4.78 is 18.6. The molecule has 1 aromatic carbocycles. The topological polar surface area (TPSA) is 21.3 Å². The van der Waals surface area contributed by atoms with Gasteiger partial charge in [0.05, 0.1) is 12.8 Å². The number of rotatable bonds is 11. The van der Waals surface area contributed by atoms with Gasteiger partial charge in [0.1, 0.15) is 11.6 Å². The summed E-state index contributed by atoms with van der Waals surface area (Å²) in [4.78, 5) is 0. The third kappa shape index (κ3) is 6.78. The molecule has 114 valence electrons. The number of hydrogen-bond donors (Lipinski definition) is 1. The maximum atomic E-state index is 13.5. The lowest BCUT2D eigenvalue weighted by Crippen LogP contribution is -2.03. The van der Waals surface area contributed by atoms with Gasteiger partial charge < -0.3 is 10.1 Å². The Balaban J connectivity index is 2.09. The normalized spacial score (nSPS) is 10.6. The fourth-order valence-electron chi connectivity index (χ4n) is 2.25. The van der Waals surface area contributed by atoms with Gasteiger partial charge in [-0.25, -0.2) is 4.39 Å². The fraction of sp³-hybridized carbons (Fsp3) is 0.647. The molecule has 0 aliphatic carbocycles. The molecule has 0 fully saturated rings. The molecule has 0 radical (unpaired) electrons. The SMILES string of the molecule is CCCCCCCCCCNc1cc(OC)ccc1F. The molecule has 0 aliphatic heterocycles. The molecule has 2 nitrogen and oxygen atoms in total. The van der Waals surface area contributed by atoms with E-state index >= 15 is 0 Å². The average Bonchev–Trinajstić information content (AvgIpc) is 2.47. The average molecular weight is 281 g/mol. The van der Waals surface area contributed by atoms with Crippen molar-refractivity contribution in [3.8, 4) is 5.75 Å². The lowest BCUT2D eigenvalue weighted by molar-refractivity contribution is 0.414. The second kappa shape index (κ2) is 10.5. The van der Waals surface area contributed by atoms with Gasteiger partial charge in [-0.05, 0) is 18.6 Å². The number of nitrogens with one attached hydrogen (secondary N) is 1. The van der Waals surface area contributed by atoms with Crippen LogP contribution >= 0.6 is 0 Å². The van der Waals surface area contributed by atoms with E-state index in [1.54, 1.807) is 19.2 Å². The van der Waals surface area contributed by atoms with Crippen LogP contribution in [-0.4, -0.2) is 13.7 Å². The van der Waals surface area contributed by atoms with Gasteiger partial charge in [-0.1, -0.05) is 51.9 Å². The molecule has 0 spiro atoms. The molecule has 0 saturated heterocycles. The monoisotopic (exact) mass is 281 g/mol. The minimum absolute atomic E-state index is 0.217. The van der Waals surface area contributed by atoms with E-state index in [9.17, 15) is 4.39 Å². The smallest absolute Gasteiger partial charge is 0.146 e. The molecule has 0 aromatic heterocycles. The van der Waals surface area contributed by atoms with Crippen molar-refractivity contribution in [1.29, 1.82) is 0 Å². The van der Waals surface area contributed by atoms with Crippen molar-refractivity contribution < 1.29 is 9.13 Å². The number of unbranched alkanes of at least 4 members (excludes halogenated alkanes) is 7. The van der Waals surface area contributed by atoms with Gasteiger partial charge in [0.2, 0.25) is 0 Å². The van der Waals surface area contributed by atoms with Gasteiger partial charge in [0.25, 0.3) is 0 Å². The zero-order chi connectivity index (χ0) is 14.6. The molecule has 1 N–H and O–H groups in total. The summed E-state index contributed by atoms with van der Waals surface area (Å²) in [7, 11) is 1.59. The van der Waals surface area contributed by atoms with Crippen LogP contribution in [0.5, 0.6) is 5.75 Å².